The second kappa shape index (κ2) is 7.87. The van der Waals surface area contributed by atoms with E-state index in [2.05, 4.69) is 5.32 Å². The first-order valence-corrected chi connectivity index (χ1v) is 8.55. The number of carboxylic acid groups (broad SMARTS) is 1. The van der Waals surface area contributed by atoms with Gasteiger partial charge >= 0.3 is 5.97 Å². The van der Waals surface area contributed by atoms with Gasteiger partial charge in [0.25, 0.3) is 0 Å². The van der Waals surface area contributed by atoms with E-state index in [0.29, 0.717) is 25.7 Å². The third-order valence-electron chi connectivity index (χ3n) is 5.23. The number of aryl methyl sites for hydroxylation is 1. The van der Waals surface area contributed by atoms with Crippen molar-refractivity contribution in [2.75, 3.05) is 14.2 Å². The lowest BCUT2D eigenvalue weighted by Crippen LogP contribution is -2.57. The van der Waals surface area contributed by atoms with Crippen molar-refractivity contribution >= 4 is 11.9 Å². The molecule has 0 saturated heterocycles. The smallest absolute Gasteiger partial charge is 0.329 e. The normalized spacial score (nSPS) is 24.4. The standard InChI is InChI=1S/C19H27NO5/c1-12-11-15(25-4)5-6-16(12)13(2)17(21)20-19(18(22)23)9-7-14(24-3)8-10-19/h5-6,11,13-14H,7-10H2,1-4H3,(H,20,21)(H,22,23). The molecule has 0 bridgehead atoms. The molecule has 138 valence electrons. The summed E-state index contributed by atoms with van der Waals surface area (Å²) >= 11 is 0. The zero-order valence-corrected chi connectivity index (χ0v) is 15.3. The second-order valence-corrected chi connectivity index (χ2v) is 6.76. The zero-order valence-electron chi connectivity index (χ0n) is 15.3. The molecule has 1 amide bonds. The van der Waals surface area contributed by atoms with Crippen molar-refractivity contribution < 1.29 is 24.2 Å². The number of carbonyl (C=O) groups is 2. The van der Waals surface area contributed by atoms with Crippen LogP contribution in [0.25, 0.3) is 0 Å². The van der Waals surface area contributed by atoms with Gasteiger partial charge < -0.3 is 19.9 Å². The molecule has 1 aromatic carbocycles. The number of rotatable bonds is 6. The van der Waals surface area contributed by atoms with Crippen molar-refractivity contribution in [3.05, 3.63) is 29.3 Å². The highest BCUT2D eigenvalue weighted by Gasteiger charge is 2.44. The van der Waals surface area contributed by atoms with Crippen LogP contribution in [0.15, 0.2) is 18.2 Å². The summed E-state index contributed by atoms with van der Waals surface area (Å²) < 4.78 is 10.5. The van der Waals surface area contributed by atoms with Gasteiger partial charge in [0.05, 0.1) is 19.1 Å². The van der Waals surface area contributed by atoms with Gasteiger partial charge in [-0.25, -0.2) is 4.79 Å². The molecule has 1 unspecified atom stereocenters. The number of amides is 1. The number of benzene rings is 1. The molecule has 2 N–H and O–H groups in total. The molecule has 0 spiro atoms. The summed E-state index contributed by atoms with van der Waals surface area (Å²) in [6, 6.07) is 5.53. The number of nitrogens with one attached hydrogen (secondary N) is 1. The molecule has 25 heavy (non-hydrogen) atoms. The Kier molecular flexibility index (Phi) is 6.06. The Morgan fingerprint density at radius 3 is 2.40 bits per heavy atom. The van der Waals surface area contributed by atoms with E-state index < -0.39 is 17.4 Å². The number of ether oxygens (including phenoxy) is 2. The van der Waals surface area contributed by atoms with E-state index in [-0.39, 0.29) is 12.0 Å². The fraction of sp³-hybridized carbons (Fsp3) is 0.579. The Bertz CT molecular complexity index is 635. The lowest BCUT2D eigenvalue weighted by atomic mass is 9.79. The van der Waals surface area contributed by atoms with Gasteiger partial charge in [-0.3, -0.25) is 4.79 Å². The number of carbonyl (C=O) groups excluding carboxylic acids is 1. The Balaban J connectivity index is 2.14. The number of methoxy groups -OCH3 is 2. The number of hydrogen-bond donors (Lipinski definition) is 2. The molecule has 6 nitrogen and oxygen atoms in total. The predicted molar refractivity (Wildman–Crippen MR) is 93.9 cm³/mol. The molecule has 0 aromatic heterocycles. The van der Waals surface area contributed by atoms with Crippen LogP contribution >= 0.6 is 0 Å². The maximum Gasteiger partial charge on any atom is 0.329 e. The topological polar surface area (TPSA) is 84.9 Å². The summed E-state index contributed by atoms with van der Waals surface area (Å²) in [6.07, 6.45) is 2.06. The fourth-order valence-electron chi connectivity index (χ4n) is 3.46. The molecule has 2 rings (SSSR count). The minimum absolute atomic E-state index is 0.0608. The summed E-state index contributed by atoms with van der Waals surface area (Å²) in [7, 11) is 3.23. The molecule has 0 heterocycles. The van der Waals surface area contributed by atoms with Gasteiger partial charge in [0.1, 0.15) is 11.3 Å². The highest BCUT2D eigenvalue weighted by atomic mass is 16.5. The fourth-order valence-corrected chi connectivity index (χ4v) is 3.46. The third kappa shape index (κ3) is 4.12. The number of hydrogen-bond acceptors (Lipinski definition) is 4. The van der Waals surface area contributed by atoms with Crippen LogP contribution in [-0.4, -0.2) is 42.8 Å². The minimum Gasteiger partial charge on any atom is -0.497 e. The maximum atomic E-state index is 12.7. The van der Waals surface area contributed by atoms with Gasteiger partial charge in [-0.2, -0.15) is 0 Å². The SMILES string of the molecule is COc1ccc(C(C)C(=O)NC2(C(=O)O)CCC(OC)CC2)c(C)c1. The molecule has 1 atom stereocenters. The van der Waals surface area contributed by atoms with Crippen molar-refractivity contribution in [2.24, 2.45) is 0 Å². The Morgan fingerprint density at radius 2 is 1.92 bits per heavy atom. The van der Waals surface area contributed by atoms with Gasteiger partial charge in [0, 0.05) is 7.11 Å². The van der Waals surface area contributed by atoms with E-state index in [1.54, 1.807) is 21.1 Å². The van der Waals surface area contributed by atoms with Crippen molar-refractivity contribution in [1.82, 2.24) is 5.32 Å². The van der Waals surface area contributed by atoms with Crippen LogP contribution in [0, 0.1) is 6.92 Å². The van der Waals surface area contributed by atoms with E-state index >= 15 is 0 Å². The van der Waals surface area contributed by atoms with Crippen molar-refractivity contribution in [3.63, 3.8) is 0 Å². The summed E-state index contributed by atoms with van der Waals surface area (Å²) in [5, 5.41) is 12.5. The highest BCUT2D eigenvalue weighted by molar-refractivity contribution is 5.90. The zero-order chi connectivity index (χ0) is 18.6. The average Bonchev–Trinajstić information content (AvgIpc) is 2.61. The molecule has 6 heteroatoms. The average molecular weight is 349 g/mol. The van der Waals surface area contributed by atoms with Gasteiger partial charge in [-0.15, -0.1) is 0 Å². The van der Waals surface area contributed by atoms with Crippen molar-refractivity contribution in [3.8, 4) is 5.75 Å². The lowest BCUT2D eigenvalue weighted by molar-refractivity contribution is -0.150. The maximum absolute atomic E-state index is 12.7. The molecule has 1 fully saturated rings. The Labute approximate surface area is 148 Å². The molecule has 1 aliphatic carbocycles. The summed E-state index contributed by atoms with van der Waals surface area (Å²) in [5.74, 6) is -0.961. The van der Waals surface area contributed by atoms with E-state index in [4.69, 9.17) is 9.47 Å². The first kappa shape index (κ1) is 19.2. The van der Waals surface area contributed by atoms with Crippen LogP contribution in [0.5, 0.6) is 5.75 Å². The molecule has 1 aromatic rings. The third-order valence-corrected chi connectivity index (χ3v) is 5.23. The second-order valence-electron chi connectivity index (χ2n) is 6.76. The lowest BCUT2D eigenvalue weighted by Gasteiger charge is -2.37. The number of carboxylic acids is 1. The van der Waals surface area contributed by atoms with Gasteiger partial charge in [0.15, 0.2) is 0 Å². The van der Waals surface area contributed by atoms with Crippen LogP contribution in [-0.2, 0) is 14.3 Å². The van der Waals surface area contributed by atoms with E-state index in [1.165, 1.54) is 0 Å². The van der Waals surface area contributed by atoms with E-state index in [9.17, 15) is 14.7 Å². The highest BCUT2D eigenvalue weighted by Crippen LogP contribution is 2.32. The van der Waals surface area contributed by atoms with Gasteiger partial charge in [-0.1, -0.05) is 6.07 Å². The van der Waals surface area contributed by atoms with Crippen LogP contribution < -0.4 is 10.1 Å². The quantitative estimate of drug-likeness (QED) is 0.825. The Hall–Kier alpha value is -2.08. The van der Waals surface area contributed by atoms with Crippen LogP contribution in [0.3, 0.4) is 0 Å². The largest absolute Gasteiger partial charge is 0.497 e. The van der Waals surface area contributed by atoms with Gasteiger partial charge in [0.2, 0.25) is 5.91 Å². The first-order chi connectivity index (χ1) is 11.8. The molecule has 0 radical (unpaired) electrons. The van der Waals surface area contributed by atoms with Crippen molar-refractivity contribution in [1.29, 1.82) is 0 Å². The Morgan fingerprint density at radius 1 is 1.28 bits per heavy atom. The first-order valence-electron chi connectivity index (χ1n) is 8.55. The van der Waals surface area contributed by atoms with Crippen LogP contribution in [0.1, 0.15) is 49.7 Å². The van der Waals surface area contributed by atoms with Gasteiger partial charge in [-0.05, 0) is 62.8 Å². The van der Waals surface area contributed by atoms with Crippen LogP contribution in [0.4, 0.5) is 0 Å². The molecule has 1 aliphatic rings. The molecular weight excluding hydrogens is 322 g/mol. The monoisotopic (exact) mass is 349 g/mol. The summed E-state index contributed by atoms with van der Waals surface area (Å²) in [4.78, 5) is 24.6. The number of aliphatic carboxylic acids is 1. The molecule has 0 aliphatic heterocycles. The predicted octanol–water partition coefficient (Wildman–Crippen LogP) is 2.64. The molecular formula is C19H27NO5. The van der Waals surface area contributed by atoms with E-state index in [0.717, 1.165) is 16.9 Å². The molecule has 1 saturated carbocycles. The van der Waals surface area contributed by atoms with Crippen LogP contribution in [0.2, 0.25) is 0 Å². The summed E-state index contributed by atoms with van der Waals surface area (Å²) in [6.45, 7) is 3.71. The van der Waals surface area contributed by atoms with Crippen molar-refractivity contribution in [2.45, 2.75) is 57.1 Å². The minimum atomic E-state index is -1.21. The van der Waals surface area contributed by atoms with E-state index in [1.807, 2.05) is 25.1 Å². The summed E-state index contributed by atoms with van der Waals surface area (Å²) in [5.41, 5.74) is 0.597.